The summed E-state index contributed by atoms with van der Waals surface area (Å²) in [5.41, 5.74) is 0.660. The summed E-state index contributed by atoms with van der Waals surface area (Å²) in [6.07, 6.45) is 2.00. The molecule has 1 fully saturated rings. The van der Waals surface area contributed by atoms with Crippen LogP contribution in [0.1, 0.15) is 32.3 Å². The molecule has 0 N–H and O–H groups in total. The maximum atomic E-state index is 14.0. The van der Waals surface area contributed by atoms with Crippen molar-refractivity contribution < 1.29 is 4.48 Å². The molecule has 0 amide bonds. The van der Waals surface area contributed by atoms with Crippen LogP contribution in [0.25, 0.3) is 0 Å². The molecular formula is C13H18FN. The van der Waals surface area contributed by atoms with E-state index < -0.39 is 5.54 Å². The monoisotopic (exact) mass is 207 g/mol. The molecule has 1 nitrogen and oxygen atoms in total. The Kier molecular flexibility index (Phi) is 2.79. The predicted molar refractivity (Wildman–Crippen MR) is 60.0 cm³/mol. The van der Waals surface area contributed by atoms with Crippen molar-refractivity contribution >= 4 is 0 Å². The summed E-state index contributed by atoms with van der Waals surface area (Å²) >= 11 is 0. The van der Waals surface area contributed by atoms with E-state index in [1.807, 2.05) is 37.3 Å². The Bertz CT molecular complexity index is 325. The number of halogens is 1. The van der Waals surface area contributed by atoms with Crippen molar-refractivity contribution in [3.05, 3.63) is 35.9 Å². The molecule has 0 radical (unpaired) electrons. The lowest BCUT2D eigenvalue weighted by molar-refractivity contribution is -0.119. The molecule has 1 aliphatic heterocycles. The number of hydrogen-bond acceptors (Lipinski definition) is 1. The van der Waals surface area contributed by atoms with Crippen LogP contribution >= 0.6 is 0 Å². The molecule has 1 heterocycles. The Morgan fingerprint density at radius 3 is 2.60 bits per heavy atom. The van der Waals surface area contributed by atoms with Gasteiger partial charge in [-0.15, -0.1) is 9.60 Å². The first-order valence-corrected chi connectivity index (χ1v) is 5.62. The summed E-state index contributed by atoms with van der Waals surface area (Å²) < 4.78 is 14.0. The molecule has 82 valence electrons. The Balaban J connectivity index is 2.27. The van der Waals surface area contributed by atoms with Gasteiger partial charge in [0.15, 0.2) is 0 Å². The van der Waals surface area contributed by atoms with Crippen molar-refractivity contribution in [3.63, 3.8) is 0 Å². The normalized spacial score (nSPS) is 32.9. The van der Waals surface area contributed by atoms with E-state index in [0.717, 1.165) is 23.5 Å². The number of hydrogen-bond donors (Lipinski definition) is 0. The maximum Gasteiger partial charge on any atom is 0.0732 e. The largest absolute Gasteiger partial charge is 0.136 e. The van der Waals surface area contributed by atoms with E-state index in [9.17, 15) is 4.48 Å². The summed E-state index contributed by atoms with van der Waals surface area (Å²) in [6, 6.07) is 9.96. The molecule has 2 heteroatoms. The van der Waals surface area contributed by atoms with E-state index in [1.54, 1.807) is 0 Å². The molecule has 1 aliphatic rings. The molecular weight excluding hydrogens is 189 g/mol. The fourth-order valence-corrected chi connectivity index (χ4v) is 2.30. The molecule has 2 unspecified atom stereocenters. The number of benzene rings is 1. The van der Waals surface area contributed by atoms with Gasteiger partial charge in [-0.2, -0.15) is 0 Å². The molecule has 0 aliphatic carbocycles. The summed E-state index contributed by atoms with van der Waals surface area (Å²) in [5.74, 6) is 0.465. The summed E-state index contributed by atoms with van der Waals surface area (Å²) in [6.45, 7) is 4.65. The first-order chi connectivity index (χ1) is 7.13. The van der Waals surface area contributed by atoms with E-state index in [2.05, 4.69) is 6.92 Å². The smallest absolute Gasteiger partial charge is 0.0732 e. The van der Waals surface area contributed by atoms with E-state index in [-0.39, 0.29) is 0 Å². The van der Waals surface area contributed by atoms with Crippen molar-refractivity contribution in [1.82, 2.24) is 5.12 Å². The topological polar surface area (TPSA) is 3.24 Å². The van der Waals surface area contributed by atoms with Crippen LogP contribution in [0.5, 0.6) is 0 Å². The molecule has 0 aromatic heterocycles. The molecule has 1 saturated heterocycles. The highest BCUT2D eigenvalue weighted by Crippen LogP contribution is 2.38. The van der Waals surface area contributed by atoms with Crippen molar-refractivity contribution in [2.45, 2.75) is 32.2 Å². The maximum absolute atomic E-state index is 14.0. The van der Waals surface area contributed by atoms with E-state index in [4.69, 9.17) is 0 Å². The minimum atomic E-state index is -0.423. The molecule has 0 saturated carbocycles. The van der Waals surface area contributed by atoms with Crippen LogP contribution in [0.15, 0.2) is 30.3 Å². The third-order valence-corrected chi connectivity index (χ3v) is 3.53. The van der Waals surface area contributed by atoms with Gasteiger partial charge in [0, 0.05) is 6.54 Å². The average molecular weight is 207 g/mol. The highest BCUT2D eigenvalue weighted by Gasteiger charge is 2.38. The van der Waals surface area contributed by atoms with Crippen LogP contribution in [0.3, 0.4) is 0 Å². The van der Waals surface area contributed by atoms with Gasteiger partial charge in [0.05, 0.1) is 5.54 Å². The first kappa shape index (κ1) is 10.6. The van der Waals surface area contributed by atoms with Crippen LogP contribution in [-0.4, -0.2) is 11.7 Å². The Hall–Kier alpha value is -0.890. The lowest BCUT2D eigenvalue weighted by Crippen LogP contribution is -2.44. The minimum Gasteiger partial charge on any atom is -0.136 e. The third kappa shape index (κ3) is 1.91. The zero-order valence-corrected chi connectivity index (χ0v) is 9.41. The van der Waals surface area contributed by atoms with Gasteiger partial charge in [-0.1, -0.05) is 37.3 Å². The zero-order valence-electron chi connectivity index (χ0n) is 9.41. The van der Waals surface area contributed by atoms with Crippen LogP contribution in [-0.2, 0) is 5.54 Å². The average Bonchev–Trinajstić information content (AvgIpc) is 2.25. The van der Waals surface area contributed by atoms with Gasteiger partial charge in [-0.05, 0) is 31.2 Å². The van der Waals surface area contributed by atoms with Gasteiger partial charge in [0.1, 0.15) is 0 Å². The molecule has 0 spiro atoms. The molecule has 1 aromatic carbocycles. The summed E-state index contributed by atoms with van der Waals surface area (Å²) in [7, 11) is 0. The van der Waals surface area contributed by atoms with Gasteiger partial charge in [0.2, 0.25) is 0 Å². The van der Waals surface area contributed by atoms with Gasteiger partial charge in [-0.25, -0.2) is 0 Å². The quantitative estimate of drug-likeness (QED) is 0.637. The molecule has 1 aromatic rings. The number of piperidine rings is 1. The SMILES string of the molecule is CC1CCC(C)(c2ccccc2)N(F)C1. The van der Waals surface area contributed by atoms with Crippen LogP contribution in [0, 0.1) is 5.92 Å². The Morgan fingerprint density at radius 2 is 2.00 bits per heavy atom. The van der Waals surface area contributed by atoms with Gasteiger partial charge in [-0.3, -0.25) is 0 Å². The van der Waals surface area contributed by atoms with Crippen molar-refractivity contribution in [2.75, 3.05) is 6.54 Å². The molecule has 0 bridgehead atoms. The summed E-state index contributed by atoms with van der Waals surface area (Å²) in [5, 5.41) is 1.01. The second-order valence-corrected chi connectivity index (χ2v) is 4.83. The van der Waals surface area contributed by atoms with Crippen LogP contribution in [0.4, 0.5) is 4.48 Å². The summed E-state index contributed by atoms with van der Waals surface area (Å²) in [4.78, 5) is 0. The predicted octanol–water partition coefficient (Wildman–Crippen LogP) is 3.52. The lowest BCUT2D eigenvalue weighted by atomic mass is 9.81. The fraction of sp³-hybridized carbons (Fsp3) is 0.538. The van der Waals surface area contributed by atoms with Crippen molar-refractivity contribution in [3.8, 4) is 0 Å². The highest BCUT2D eigenvalue weighted by atomic mass is 19.2. The molecule has 15 heavy (non-hydrogen) atoms. The lowest BCUT2D eigenvalue weighted by Gasteiger charge is -2.41. The van der Waals surface area contributed by atoms with E-state index >= 15 is 0 Å². The second-order valence-electron chi connectivity index (χ2n) is 4.83. The van der Waals surface area contributed by atoms with Crippen molar-refractivity contribution in [1.29, 1.82) is 0 Å². The third-order valence-electron chi connectivity index (χ3n) is 3.53. The molecule has 2 rings (SSSR count). The first-order valence-electron chi connectivity index (χ1n) is 5.62. The Morgan fingerprint density at radius 1 is 1.33 bits per heavy atom. The van der Waals surface area contributed by atoms with E-state index in [0.29, 0.717) is 12.5 Å². The van der Waals surface area contributed by atoms with E-state index in [1.165, 1.54) is 0 Å². The standard InChI is InChI=1S/C13H18FN/c1-11-8-9-13(2,15(14)10-11)12-6-4-3-5-7-12/h3-7,11H,8-10H2,1-2H3. The van der Waals surface area contributed by atoms with Crippen LogP contribution in [0.2, 0.25) is 0 Å². The van der Waals surface area contributed by atoms with Gasteiger partial charge in [0.25, 0.3) is 0 Å². The Labute approximate surface area is 90.8 Å². The molecule has 2 atom stereocenters. The highest BCUT2D eigenvalue weighted by molar-refractivity contribution is 5.23. The number of rotatable bonds is 1. The van der Waals surface area contributed by atoms with Crippen LogP contribution < -0.4 is 0 Å². The fourth-order valence-electron chi connectivity index (χ4n) is 2.30. The second kappa shape index (κ2) is 3.93. The van der Waals surface area contributed by atoms with Gasteiger partial charge < -0.3 is 0 Å². The van der Waals surface area contributed by atoms with Crippen molar-refractivity contribution in [2.24, 2.45) is 5.92 Å². The van der Waals surface area contributed by atoms with Gasteiger partial charge >= 0.3 is 0 Å². The number of nitrogens with zero attached hydrogens (tertiary/aromatic N) is 1. The minimum absolute atomic E-state index is 0.423. The zero-order chi connectivity index (χ0) is 10.9.